The maximum Gasteiger partial charge on any atom is 0.341 e. The van der Waals surface area contributed by atoms with Crippen LogP contribution in [-0.4, -0.2) is 29.9 Å². The minimum absolute atomic E-state index is 0.258. The van der Waals surface area contributed by atoms with Crippen molar-refractivity contribution in [2.75, 3.05) is 11.9 Å². The van der Waals surface area contributed by atoms with Crippen molar-refractivity contribution in [3.05, 3.63) is 58.6 Å². The summed E-state index contributed by atoms with van der Waals surface area (Å²) in [5, 5.41) is 15.7. The SMILES string of the molecule is O=C(O)COc1ccc(/C=N/NC(=O)Nc2ccc(C3C4CC5CC(C4)CC3C5)cc2)cc1Cl. The summed E-state index contributed by atoms with van der Waals surface area (Å²) in [6, 6.07) is 12.6. The van der Waals surface area contributed by atoms with Crippen LogP contribution in [0.15, 0.2) is 47.6 Å². The van der Waals surface area contributed by atoms with Crippen molar-refractivity contribution in [2.24, 2.45) is 28.8 Å². The van der Waals surface area contributed by atoms with Gasteiger partial charge in [-0.25, -0.2) is 15.0 Å². The lowest BCUT2D eigenvalue weighted by molar-refractivity contribution is -0.139. The van der Waals surface area contributed by atoms with Crippen molar-refractivity contribution in [2.45, 2.75) is 38.0 Å². The molecule has 4 fully saturated rings. The van der Waals surface area contributed by atoms with Crippen molar-refractivity contribution in [1.29, 1.82) is 0 Å². The highest BCUT2D eigenvalue weighted by atomic mass is 35.5. The summed E-state index contributed by atoms with van der Waals surface area (Å²) in [4.78, 5) is 22.8. The Balaban J connectivity index is 1.13. The van der Waals surface area contributed by atoms with Gasteiger partial charge in [0.2, 0.25) is 0 Å². The number of carboxylic acids is 1. The Labute approximate surface area is 203 Å². The second-order valence-corrected chi connectivity index (χ2v) is 10.2. The first-order chi connectivity index (χ1) is 16.4. The Hall–Kier alpha value is -3.06. The van der Waals surface area contributed by atoms with Gasteiger partial charge in [-0.3, -0.25) is 0 Å². The van der Waals surface area contributed by atoms with Crippen LogP contribution in [-0.2, 0) is 4.79 Å². The number of anilines is 1. The van der Waals surface area contributed by atoms with Crippen LogP contribution in [0, 0.1) is 23.7 Å². The van der Waals surface area contributed by atoms with Gasteiger partial charge >= 0.3 is 12.0 Å². The van der Waals surface area contributed by atoms with Gasteiger partial charge in [-0.1, -0.05) is 23.7 Å². The number of carboxylic acid groups (broad SMARTS) is 1. The highest BCUT2D eigenvalue weighted by Crippen LogP contribution is 2.59. The first-order valence-corrected chi connectivity index (χ1v) is 12.2. The summed E-state index contributed by atoms with van der Waals surface area (Å²) in [6.45, 7) is -0.474. The van der Waals surface area contributed by atoms with Crippen LogP contribution in [0.5, 0.6) is 5.75 Å². The van der Waals surface area contributed by atoms with Crippen LogP contribution in [0.25, 0.3) is 0 Å². The van der Waals surface area contributed by atoms with E-state index < -0.39 is 18.6 Å². The Bertz CT molecular complexity index is 1070. The van der Waals surface area contributed by atoms with Gasteiger partial charge in [-0.05, 0) is 103 Å². The number of halogens is 1. The largest absolute Gasteiger partial charge is 0.480 e. The number of hydrogen-bond acceptors (Lipinski definition) is 4. The number of hydrogen-bond donors (Lipinski definition) is 3. The second kappa shape index (κ2) is 9.66. The van der Waals surface area contributed by atoms with Crippen LogP contribution < -0.4 is 15.5 Å². The van der Waals surface area contributed by atoms with E-state index in [1.54, 1.807) is 18.2 Å². The molecule has 8 heteroatoms. The molecule has 2 amide bonds. The predicted molar refractivity (Wildman–Crippen MR) is 131 cm³/mol. The second-order valence-electron chi connectivity index (χ2n) is 9.77. The molecule has 6 rings (SSSR count). The van der Waals surface area contributed by atoms with E-state index in [4.69, 9.17) is 21.4 Å². The molecule has 4 saturated carbocycles. The molecule has 2 aromatic rings. The topological polar surface area (TPSA) is 100 Å². The number of hydrazone groups is 1. The van der Waals surface area contributed by atoms with Crippen molar-refractivity contribution >= 4 is 35.5 Å². The van der Waals surface area contributed by atoms with Crippen LogP contribution >= 0.6 is 11.6 Å². The molecule has 4 aliphatic rings. The van der Waals surface area contributed by atoms with Gasteiger partial charge in [0.05, 0.1) is 11.2 Å². The van der Waals surface area contributed by atoms with Crippen molar-refractivity contribution in [3.8, 4) is 5.75 Å². The van der Waals surface area contributed by atoms with Gasteiger partial charge in [0, 0.05) is 5.69 Å². The Morgan fingerprint density at radius 2 is 1.71 bits per heavy atom. The summed E-state index contributed by atoms with van der Waals surface area (Å²) in [5.41, 5.74) is 5.21. The van der Waals surface area contributed by atoms with Gasteiger partial charge in [-0.2, -0.15) is 5.10 Å². The third-order valence-electron chi connectivity index (χ3n) is 7.47. The predicted octanol–water partition coefficient (Wildman–Crippen LogP) is 5.50. The number of benzene rings is 2. The molecule has 0 heterocycles. The highest BCUT2D eigenvalue weighted by molar-refractivity contribution is 6.32. The monoisotopic (exact) mass is 481 g/mol. The number of amides is 2. The summed E-state index contributed by atoms with van der Waals surface area (Å²) >= 11 is 6.09. The average Bonchev–Trinajstić information content (AvgIpc) is 2.79. The van der Waals surface area contributed by atoms with E-state index in [2.05, 4.69) is 28.0 Å². The molecule has 0 aromatic heterocycles. The molecule has 4 bridgehead atoms. The molecule has 3 N–H and O–H groups in total. The molecule has 7 nitrogen and oxygen atoms in total. The van der Waals surface area contributed by atoms with E-state index in [1.165, 1.54) is 43.9 Å². The van der Waals surface area contributed by atoms with Crippen molar-refractivity contribution < 1.29 is 19.4 Å². The quantitative estimate of drug-likeness (QED) is 0.359. The lowest BCUT2D eigenvalue weighted by Crippen LogP contribution is -2.43. The standard InChI is InChI=1S/C26H28ClN3O4/c27-22-12-15(1-6-23(22)34-14-24(31)32)13-28-30-26(33)29-21-4-2-18(3-5-21)25-19-8-16-7-17(10-19)11-20(25)9-16/h1-6,12-13,16-17,19-20,25H,7-11,14H2,(H,31,32)(H2,29,30,33)/b28-13+. The fraction of sp³-hybridized carbons (Fsp3) is 0.423. The molecule has 0 aliphatic heterocycles. The van der Waals surface area contributed by atoms with E-state index in [1.807, 2.05) is 12.1 Å². The third kappa shape index (κ3) is 5.04. The van der Waals surface area contributed by atoms with Gasteiger partial charge < -0.3 is 15.2 Å². The minimum Gasteiger partial charge on any atom is -0.480 e. The number of urea groups is 1. The first kappa shape index (κ1) is 22.7. The molecule has 0 unspecified atom stereocenters. The van der Waals surface area contributed by atoms with Crippen molar-refractivity contribution in [1.82, 2.24) is 5.43 Å². The number of aliphatic carboxylic acids is 1. The molecule has 34 heavy (non-hydrogen) atoms. The molecule has 4 aliphatic carbocycles. The van der Waals surface area contributed by atoms with Crippen LogP contribution in [0.4, 0.5) is 10.5 Å². The average molecular weight is 482 g/mol. The third-order valence-corrected chi connectivity index (χ3v) is 7.76. The molecule has 178 valence electrons. The molecule has 0 spiro atoms. The van der Waals surface area contributed by atoms with Crippen LogP contribution in [0.2, 0.25) is 5.02 Å². The zero-order valence-corrected chi connectivity index (χ0v) is 19.5. The molecular weight excluding hydrogens is 454 g/mol. The zero-order valence-electron chi connectivity index (χ0n) is 18.7. The van der Waals surface area contributed by atoms with Gasteiger partial charge in [0.15, 0.2) is 6.61 Å². The number of rotatable bonds is 7. The lowest BCUT2D eigenvalue weighted by atomic mass is 9.51. The van der Waals surface area contributed by atoms with E-state index >= 15 is 0 Å². The molecule has 0 saturated heterocycles. The van der Waals surface area contributed by atoms with Crippen LogP contribution in [0.3, 0.4) is 0 Å². The molecule has 0 atom stereocenters. The normalized spacial score (nSPS) is 27.0. The van der Waals surface area contributed by atoms with E-state index in [0.717, 1.165) is 29.4 Å². The fourth-order valence-corrected chi connectivity index (χ4v) is 6.68. The van der Waals surface area contributed by atoms with Gasteiger partial charge in [-0.15, -0.1) is 0 Å². The first-order valence-electron chi connectivity index (χ1n) is 11.8. The smallest absolute Gasteiger partial charge is 0.341 e. The summed E-state index contributed by atoms with van der Waals surface area (Å²) in [7, 11) is 0. The summed E-state index contributed by atoms with van der Waals surface area (Å²) in [6.07, 6.45) is 8.47. The minimum atomic E-state index is -1.08. The van der Waals surface area contributed by atoms with Gasteiger partial charge in [0.1, 0.15) is 5.75 Å². The maximum absolute atomic E-state index is 12.2. The zero-order chi connectivity index (χ0) is 23.7. The van der Waals surface area contributed by atoms with E-state index in [-0.39, 0.29) is 10.8 Å². The Morgan fingerprint density at radius 1 is 1.03 bits per heavy atom. The number of nitrogens with zero attached hydrogens (tertiary/aromatic N) is 1. The van der Waals surface area contributed by atoms with E-state index in [9.17, 15) is 9.59 Å². The molecule has 2 aromatic carbocycles. The Kier molecular flexibility index (Phi) is 6.46. The van der Waals surface area contributed by atoms with E-state index in [0.29, 0.717) is 11.5 Å². The highest BCUT2D eigenvalue weighted by Gasteiger charge is 2.48. The number of carbonyl (C=O) groups excluding carboxylic acids is 1. The van der Waals surface area contributed by atoms with Crippen LogP contribution in [0.1, 0.15) is 49.1 Å². The van der Waals surface area contributed by atoms with Crippen molar-refractivity contribution in [3.63, 3.8) is 0 Å². The number of nitrogens with one attached hydrogen (secondary N) is 2. The molecular formula is C26H28ClN3O4. The number of ether oxygens (including phenoxy) is 1. The molecule has 0 radical (unpaired) electrons. The Morgan fingerprint density at radius 3 is 2.32 bits per heavy atom. The number of carbonyl (C=O) groups is 2. The van der Waals surface area contributed by atoms with Gasteiger partial charge in [0.25, 0.3) is 0 Å². The fourth-order valence-electron chi connectivity index (χ4n) is 6.44. The summed E-state index contributed by atoms with van der Waals surface area (Å²) < 4.78 is 5.08. The summed E-state index contributed by atoms with van der Waals surface area (Å²) in [5.74, 6) is 3.45. The maximum atomic E-state index is 12.2. The lowest BCUT2D eigenvalue weighted by Gasteiger charge is -2.54.